The van der Waals surface area contributed by atoms with Gasteiger partial charge in [-0.25, -0.2) is 4.79 Å². The predicted molar refractivity (Wildman–Crippen MR) is 109 cm³/mol. The Bertz CT molecular complexity index is 773. The van der Waals surface area contributed by atoms with E-state index in [9.17, 15) is 9.59 Å². The molecule has 1 aliphatic heterocycles. The number of ether oxygens (including phenoxy) is 1. The normalized spacial score (nSPS) is 18.7. The second kappa shape index (κ2) is 9.91. The molecule has 8 heteroatoms. The topological polar surface area (TPSA) is 91.5 Å². The van der Waals surface area contributed by atoms with Gasteiger partial charge in [0.2, 0.25) is 5.91 Å². The summed E-state index contributed by atoms with van der Waals surface area (Å²) >= 11 is 0. The van der Waals surface area contributed by atoms with Crippen molar-refractivity contribution >= 4 is 41.4 Å². The number of nitrogens with one attached hydrogen (secondary N) is 4. The van der Waals surface area contributed by atoms with E-state index in [4.69, 9.17) is 4.74 Å². The smallest absolute Gasteiger partial charge is 0.323 e. The molecule has 1 fully saturated rings. The summed E-state index contributed by atoms with van der Waals surface area (Å²) in [5.74, 6) is -0.164. The van der Waals surface area contributed by atoms with Crippen LogP contribution < -0.4 is 21.3 Å². The van der Waals surface area contributed by atoms with Gasteiger partial charge in [0.15, 0.2) is 0 Å². The van der Waals surface area contributed by atoms with Crippen LogP contribution in [0, 0.1) is 0 Å². The summed E-state index contributed by atoms with van der Waals surface area (Å²) in [7, 11) is 0. The number of carbonyl (C=O) groups is 2. The van der Waals surface area contributed by atoms with Gasteiger partial charge in [0.05, 0.1) is 12.7 Å². The highest BCUT2D eigenvalue weighted by Crippen LogP contribution is 2.17. The monoisotopic (exact) mass is 390 g/mol. The number of carbonyl (C=O) groups excluding carboxylic acids is 2. The number of hydrogen-bond acceptors (Lipinski definition) is 4. The van der Waals surface area contributed by atoms with Gasteiger partial charge in [-0.3, -0.25) is 4.79 Å². The Labute approximate surface area is 164 Å². The third-order valence-corrected chi connectivity index (χ3v) is 4.02. The second-order valence-electron chi connectivity index (χ2n) is 6.02. The van der Waals surface area contributed by atoms with Crippen molar-refractivity contribution in [3.05, 3.63) is 54.6 Å². The number of anilines is 3. The minimum absolute atomic E-state index is 0. The molecule has 2 aromatic rings. The Balaban J connectivity index is 0.00000261. The van der Waals surface area contributed by atoms with Crippen LogP contribution in [-0.4, -0.2) is 37.2 Å². The molecule has 1 heterocycles. The highest BCUT2D eigenvalue weighted by atomic mass is 35.5. The molecule has 0 bridgehead atoms. The van der Waals surface area contributed by atoms with Crippen molar-refractivity contribution in [1.29, 1.82) is 0 Å². The molecule has 3 amide bonds. The molecule has 0 saturated carbocycles. The highest BCUT2D eigenvalue weighted by Gasteiger charge is 2.28. The van der Waals surface area contributed by atoms with Gasteiger partial charge >= 0.3 is 6.03 Å². The van der Waals surface area contributed by atoms with Gasteiger partial charge in [-0.15, -0.1) is 12.4 Å². The molecule has 0 aromatic heterocycles. The number of benzene rings is 2. The lowest BCUT2D eigenvalue weighted by molar-refractivity contribution is -0.123. The maximum Gasteiger partial charge on any atom is 0.323 e. The fraction of sp³-hybridized carbons (Fsp3) is 0.263. The van der Waals surface area contributed by atoms with Crippen molar-refractivity contribution < 1.29 is 14.3 Å². The van der Waals surface area contributed by atoms with E-state index in [0.29, 0.717) is 30.2 Å². The van der Waals surface area contributed by atoms with Gasteiger partial charge in [0, 0.05) is 23.6 Å². The first-order valence-corrected chi connectivity index (χ1v) is 8.51. The summed E-state index contributed by atoms with van der Waals surface area (Å²) in [5, 5.41) is 11.5. The van der Waals surface area contributed by atoms with Gasteiger partial charge in [-0.05, 0) is 37.3 Å². The summed E-state index contributed by atoms with van der Waals surface area (Å²) in [6, 6.07) is 15.4. The van der Waals surface area contributed by atoms with Crippen LogP contribution in [0.3, 0.4) is 0 Å². The van der Waals surface area contributed by atoms with Crippen molar-refractivity contribution in [1.82, 2.24) is 5.32 Å². The zero-order valence-electron chi connectivity index (χ0n) is 14.9. The molecule has 1 saturated heterocycles. The summed E-state index contributed by atoms with van der Waals surface area (Å²) in [6.07, 6.45) is -0.193. The molecule has 27 heavy (non-hydrogen) atoms. The van der Waals surface area contributed by atoms with E-state index in [-0.39, 0.29) is 30.4 Å². The van der Waals surface area contributed by atoms with Crippen LogP contribution in [-0.2, 0) is 9.53 Å². The van der Waals surface area contributed by atoms with Crippen molar-refractivity contribution in [2.24, 2.45) is 0 Å². The number of halogens is 1. The summed E-state index contributed by atoms with van der Waals surface area (Å²) < 4.78 is 5.49. The third kappa shape index (κ3) is 5.96. The van der Waals surface area contributed by atoms with Crippen LogP contribution in [0.25, 0.3) is 0 Å². The molecule has 2 atom stereocenters. The van der Waals surface area contributed by atoms with E-state index >= 15 is 0 Å². The lowest BCUT2D eigenvalue weighted by atomic mass is 10.1. The van der Waals surface area contributed by atoms with Crippen molar-refractivity contribution in [3.63, 3.8) is 0 Å². The minimum Gasteiger partial charge on any atom is -0.375 e. The molecule has 0 aliphatic carbocycles. The van der Waals surface area contributed by atoms with Crippen molar-refractivity contribution in [3.8, 4) is 0 Å². The summed E-state index contributed by atoms with van der Waals surface area (Å²) in [5.41, 5.74) is 1.89. The van der Waals surface area contributed by atoms with E-state index in [0.717, 1.165) is 0 Å². The average Bonchev–Trinajstić information content (AvgIpc) is 2.63. The Morgan fingerprint density at radius 3 is 2.30 bits per heavy atom. The van der Waals surface area contributed by atoms with E-state index in [1.165, 1.54) is 0 Å². The molecular formula is C19H23ClN4O3. The van der Waals surface area contributed by atoms with E-state index in [1.54, 1.807) is 36.4 Å². The number of para-hydroxylation sites is 1. The molecule has 3 rings (SSSR count). The largest absolute Gasteiger partial charge is 0.375 e. The lowest BCUT2D eigenvalue weighted by Crippen LogP contribution is -2.53. The van der Waals surface area contributed by atoms with E-state index in [1.807, 2.05) is 25.1 Å². The Kier molecular flexibility index (Phi) is 7.60. The maximum absolute atomic E-state index is 12.4. The van der Waals surface area contributed by atoms with Crippen LogP contribution in [0.15, 0.2) is 54.6 Å². The number of rotatable bonds is 4. The van der Waals surface area contributed by atoms with Crippen LogP contribution in [0.4, 0.5) is 21.9 Å². The van der Waals surface area contributed by atoms with Crippen LogP contribution >= 0.6 is 12.4 Å². The first-order chi connectivity index (χ1) is 12.6. The molecule has 0 spiro atoms. The molecule has 0 radical (unpaired) electrons. The van der Waals surface area contributed by atoms with Gasteiger partial charge in [0.1, 0.15) is 6.04 Å². The fourth-order valence-electron chi connectivity index (χ4n) is 2.74. The zero-order chi connectivity index (χ0) is 18.4. The number of hydrogen-bond donors (Lipinski definition) is 4. The number of morpholine rings is 1. The summed E-state index contributed by atoms with van der Waals surface area (Å²) in [6.45, 7) is 3.10. The van der Waals surface area contributed by atoms with Crippen molar-refractivity contribution in [2.45, 2.75) is 19.1 Å². The van der Waals surface area contributed by atoms with Gasteiger partial charge in [-0.2, -0.15) is 0 Å². The average molecular weight is 391 g/mol. The fourth-order valence-corrected chi connectivity index (χ4v) is 2.74. The van der Waals surface area contributed by atoms with Gasteiger partial charge in [-0.1, -0.05) is 24.3 Å². The van der Waals surface area contributed by atoms with Crippen LogP contribution in [0.5, 0.6) is 0 Å². The quantitative estimate of drug-likeness (QED) is 0.645. The van der Waals surface area contributed by atoms with Crippen LogP contribution in [0.1, 0.15) is 6.92 Å². The first-order valence-electron chi connectivity index (χ1n) is 8.51. The van der Waals surface area contributed by atoms with Crippen molar-refractivity contribution in [2.75, 3.05) is 29.1 Å². The predicted octanol–water partition coefficient (Wildman–Crippen LogP) is 3.07. The molecule has 2 aromatic carbocycles. The van der Waals surface area contributed by atoms with Crippen LogP contribution in [0.2, 0.25) is 0 Å². The Morgan fingerprint density at radius 2 is 1.59 bits per heavy atom. The molecule has 0 unspecified atom stereocenters. The molecular weight excluding hydrogens is 368 g/mol. The Morgan fingerprint density at radius 1 is 0.963 bits per heavy atom. The molecule has 7 nitrogen and oxygen atoms in total. The first kappa shape index (κ1) is 20.7. The highest BCUT2D eigenvalue weighted by molar-refractivity contribution is 6.01. The Hall–Kier alpha value is -2.61. The maximum atomic E-state index is 12.4. The molecule has 4 N–H and O–H groups in total. The van der Waals surface area contributed by atoms with Gasteiger partial charge < -0.3 is 26.0 Å². The third-order valence-electron chi connectivity index (χ3n) is 4.02. The van der Waals surface area contributed by atoms with E-state index in [2.05, 4.69) is 21.3 Å². The standard InChI is InChI=1S/C19H22N4O3.ClH/c1-13-17(20-10-11-26-13)18(24)21-15-8-5-9-16(12-15)23-19(25)22-14-6-3-2-4-7-14;/h2-9,12-13,17,20H,10-11H2,1H3,(H,21,24)(H2,22,23,25);1H/t13-,17+;/m1./s1. The molecule has 144 valence electrons. The minimum atomic E-state index is -0.401. The van der Waals surface area contributed by atoms with Gasteiger partial charge in [0.25, 0.3) is 0 Å². The van der Waals surface area contributed by atoms with E-state index < -0.39 is 6.04 Å². The summed E-state index contributed by atoms with van der Waals surface area (Å²) in [4.78, 5) is 24.5. The molecule has 1 aliphatic rings. The number of amides is 3. The lowest BCUT2D eigenvalue weighted by Gasteiger charge is -2.29. The second-order valence-corrected chi connectivity index (χ2v) is 6.02. The SMILES string of the molecule is C[C@H]1OCCN[C@@H]1C(=O)Nc1cccc(NC(=O)Nc2ccccc2)c1.Cl. The number of urea groups is 1. The zero-order valence-corrected chi connectivity index (χ0v) is 15.7.